The summed E-state index contributed by atoms with van der Waals surface area (Å²) in [5, 5.41) is 22.5. The number of hydrogen-bond donors (Lipinski definition) is 0. The number of nitro benzene ring substituents is 2. The summed E-state index contributed by atoms with van der Waals surface area (Å²) in [4.78, 5) is 34.8. The summed E-state index contributed by atoms with van der Waals surface area (Å²) in [5.74, 6) is -0.861. The summed E-state index contributed by atoms with van der Waals surface area (Å²) < 4.78 is 10.3. The monoisotopic (exact) mass is 353 g/mol. The summed E-state index contributed by atoms with van der Waals surface area (Å²) in [5.41, 5.74) is -1.19. The fraction of sp³-hybridized carbons (Fsp3) is 0.533. The van der Waals surface area contributed by atoms with E-state index in [-0.39, 0.29) is 17.4 Å². The van der Waals surface area contributed by atoms with Crippen molar-refractivity contribution in [3.63, 3.8) is 0 Å². The zero-order chi connectivity index (χ0) is 18.6. The van der Waals surface area contributed by atoms with E-state index in [2.05, 4.69) is 4.74 Å². The number of benzene rings is 1. The quantitative estimate of drug-likeness (QED) is 0.433. The van der Waals surface area contributed by atoms with Crippen LogP contribution in [0.5, 0.6) is 0 Å². The van der Waals surface area contributed by atoms with Crippen molar-refractivity contribution in [3.8, 4) is 0 Å². The lowest BCUT2D eigenvalue weighted by atomic mass is 10.0. The van der Waals surface area contributed by atoms with Gasteiger partial charge < -0.3 is 14.4 Å². The molecular formula is C15H19N3O7. The van der Waals surface area contributed by atoms with Crippen LogP contribution in [0.15, 0.2) is 12.1 Å². The molecule has 1 aliphatic heterocycles. The molecule has 1 aromatic rings. The van der Waals surface area contributed by atoms with Crippen molar-refractivity contribution < 1.29 is 24.1 Å². The molecule has 0 bridgehead atoms. The number of nitrogens with zero attached hydrogens (tertiary/aromatic N) is 3. The zero-order valence-corrected chi connectivity index (χ0v) is 14.0. The molecule has 0 N–H and O–H groups in total. The van der Waals surface area contributed by atoms with E-state index in [0.29, 0.717) is 19.7 Å². The third-order valence-corrected chi connectivity index (χ3v) is 3.98. The number of carbonyl (C=O) groups is 1. The molecule has 2 rings (SSSR count). The Balaban J connectivity index is 2.58. The lowest BCUT2D eigenvalue weighted by Gasteiger charge is -2.34. The Kier molecular flexibility index (Phi) is 5.86. The SMILES string of the molecule is CCOC1CCCN(c2c(C(=O)OC)cc([N+](=O)[O-])cc2[N+](=O)[O-])C1. The van der Waals surface area contributed by atoms with Gasteiger partial charge in [0.05, 0.1) is 34.7 Å². The van der Waals surface area contributed by atoms with E-state index in [9.17, 15) is 25.0 Å². The van der Waals surface area contributed by atoms with Gasteiger partial charge in [0.25, 0.3) is 11.4 Å². The van der Waals surface area contributed by atoms with Gasteiger partial charge in [-0.25, -0.2) is 4.79 Å². The summed E-state index contributed by atoms with van der Waals surface area (Å²) in [7, 11) is 1.12. The minimum Gasteiger partial charge on any atom is -0.465 e. The molecule has 1 heterocycles. The third-order valence-electron chi connectivity index (χ3n) is 3.98. The minimum atomic E-state index is -0.861. The zero-order valence-electron chi connectivity index (χ0n) is 14.0. The molecule has 1 fully saturated rings. The molecule has 1 aliphatic rings. The van der Waals surface area contributed by atoms with Crippen molar-refractivity contribution in [2.75, 3.05) is 31.7 Å². The highest BCUT2D eigenvalue weighted by atomic mass is 16.6. The first kappa shape index (κ1) is 18.6. The van der Waals surface area contributed by atoms with Gasteiger partial charge in [-0.2, -0.15) is 0 Å². The van der Waals surface area contributed by atoms with E-state index < -0.39 is 27.2 Å². The van der Waals surface area contributed by atoms with E-state index in [0.717, 1.165) is 32.1 Å². The van der Waals surface area contributed by atoms with Crippen molar-refractivity contribution in [3.05, 3.63) is 37.9 Å². The van der Waals surface area contributed by atoms with Crippen LogP contribution in [0.3, 0.4) is 0 Å². The van der Waals surface area contributed by atoms with Crippen LogP contribution in [0.25, 0.3) is 0 Å². The molecule has 25 heavy (non-hydrogen) atoms. The van der Waals surface area contributed by atoms with Crippen LogP contribution in [0, 0.1) is 20.2 Å². The Labute approximate surface area is 143 Å². The molecule has 1 atom stereocenters. The topological polar surface area (TPSA) is 125 Å². The minimum absolute atomic E-state index is 0.0341. The summed E-state index contributed by atoms with van der Waals surface area (Å²) in [6.07, 6.45) is 1.40. The van der Waals surface area contributed by atoms with E-state index in [1.54, 1.807) is 4.90 Å². The molecule has 1 unspecified atom stereocenters. The number of esters is 1. The van der Waals surface area contributed by atoms with Crippen LogP contribution < -0.4 is 4.90 Å². The van der Waals surface area contributed by atoms with Crippen LogP contribution in [0.1, 0.15) is 30.1 Å². The molecule has 0 radical (unpaired) electrons. The van der Waals surface area contributed by atoms with Gasteiger partial charge in [-0.05, 0) is 19.8 Å². The molecule has 10 heteroatoms. The van der Waals surface area contributed by atoms with E-state index >= 15 is 0 Å². The van der Waals surface area contributed by atoms with Crippen molar-refractivity contribution in [1.82, 2.24) is 0 Å². The first-order valence-corrected chi connectivity index (χ1v) is 7.80. The maximum Gasteiger partial charge on any atom is 0.340 e. The molecule has 0 aromatic heterocycles. The van der Waals surface area contributed by atoms with Gasteiger partial charge in [0.1, 0.15) is 5.69 Å². The Morgan fingerprint density at radius 2 is 2.04 bits per heavy atom. The lowest BCUT2D eigenvalue weighted by Crippen LogP contribution is -2.40. The van der Waals surface area contributed by atoms with Gasteiger partial charge >= 0.3 is 5.97 Å². The molecule has 0 aliphatic carbocycles. The van der Waals surface area contributed by atoms with Crippen LogP contribution in [0.2, 0.25) is 0 Å². The average Bonchev–Trinajstić information content (AvgIpc) is 2.60. The third kappa shape index (κ3) is 4.02. The molecule has 0 amide bonds. The Morgan fingerprint density at radius 1 is 1.32 bits per heavy atom. The first-order chi connectivity index (χ1) is 11.9. The van der Waals surface area contributed by atoms with Gasteiger partial charge in [0.15, 0.2) is 0 Å². The highest BCUT2D eigenvalue weighted by Crippen LogP contribution is 2.38. The number of rotatable bonds is 6. The summed E-state index contributed by atoms with van der Waals surface area (Å²) >= 11 is 0. The fourth-order valence-electron chi connectivity index (χ4n) is 2.96. The highest BCUT2D eigenvalue weighted by molar-refractivity contribution is 5.99. The standard InChI is InChI=1S/C15H19N3O7/c1-3-25-11-5-4-6-16(9-11)14-12(15(19)24-2)7-10(17(20)21)8-13(14)18(22)23/h7-8,11H,3-6,9H2,1-2H3. The molecule has 0 spiro atoms. The second-order valence-electron chi connectivity index (χ2n) is 5.53. The Hall–Kier alpha value is -2.75. The van der Waals surface area contributed by atoms with Gasteiger partial charge in [0, 0.05) is 25.8 Å². The Morgan fingerprint density at radius 3 is 2.60 bits per heavy atom. The smallest absolute Gasteiger partial charge is 0.340 e. The largest absolute Gasteiger partial charge is 0.465 e. The number of anilines is 1. The maximum absolute atomic E-state index is 12.1. The van der Waals surface area contributed by atoms with Crippen LogP contribution in [-0.2, 0) is 9.47 Å². The average molecular weight is 353 g/mol. The number of nitro groups is 2. The number of hydrogen-bond acceptors (Lipinski definition) is 8. The van der Waals surface area contributed by atoms with Crippen molar-refractivity contribution in [2.45, 2.75) is 25.9 Å². The van der Waals surface area contributed by atoms with Crippen LogP contribution in [-0.4, -0.2) is 48.7 Å². The van der Waals surface area contributed by atoms with E-state index in [1.165, 1.54) is 0 Å². The van der Waals surface area contributed by atoms with Crippen molar-refractivity contribution in [1.29, 1.82) is 0 Å². The van der Waals surface area contributed by atoms with Crippen molar-refractivity contribution in [2.24, 2.45) is 0 Å². The fourth-order valence-corrected chi connectivity index (χ4v) is 2.96. The second-order valence-corrected chi connectivity index (χ2v) is 5.53. The highest BCUT2D eigenvalue weighted by Gasteiger charge is 2.33. The second kappa shape index (κ2) is 7.88. The number of piperidine rings is 1. The molecule has 1 saturated heterocycles. The maximum atomic E-state index is 12.1. The summed E-state index contributed by atoms with van der Waals surface area (Å²) in [6, 6.07) is 1.88. The number of methoxy groups -OCH3 is 1. The molecule has 0 saturated carbocycles. The predicted octanol–water partition coefficient (Wildman–Crippen LogP) is 2.29. The normalized spacial score (nSPS) is 17.2. The van der Waals surface area contributed by atoms with E-state index in [4.69, 9.17) is 4.74 Å². The Bertz CT molecular complexity index is 690. The van der Waals surface area contributed by atoms with Gasteiger partial charge in [-0.15, -0.1) is 0 Å². The first-order valence-electron chi connectivity index (χ1n) is 7.80. The van der Waals surface area contributed by atoms with E-state index in [1.807, 2.05) is 6.92 Å². The number of non-ortho nitro benzene ring substituents is 1. The van der Waals surface area contributed by atoms with Gasteiger partial charge in [0.2, 0.25) is 0 Å². The van der Waals surface area contributed by atoms with Crippen LogP contribution in [0.4, 0.5) is 17.1 Å². The molecular weight excluding hydrogens is 334 g/mol. The molecule has 10 nitrogen and oxygen atoms in total. The van der Waals surface area contributed by atoms with Gasteiger partial charge in [-0.3, -0.25) is 20.2 Å². The van der Waals surface area contributed by atoms with Crippen molar-refractivity contribution >= 4 is 23.0 Å². The molecule has 1 aromatic carbocycles. The summed E-state index contributed by atoms with van der Waals surface area (Å²) in [6.45, 7) is 3.20. The number of carbonyl (C=O) groups excluding carboxylic acids is 1. The van der Waals surface area contributed by atoms with Crippen LogP contribution >= 0.6 is 0 Å². The lowest BCUT2D eigenvalue weighted by molar-refractivity contribution is -0.393. The van der Waals surface area contributed by atoms with Gasteiger partial charge in [-0.1, -0.05) is 0 Å². The molecule has 136 valence electrons. The number of ether oxygens (including phenoxy) is 2. The predicted molar refractivity (Wildman–Crippen MR) is 88.0 cm³/mol.